The van der Waals surface area contributed by atoms with Crippen LogP contribution in [0.15, 0.2) is 0 Å². The van der Waals surface area contributed by atoms with Crippen LogP contribution in [0.2, 0.25) is 0 Å². The largest absolute Gasteiger partial charge is 0.467 e. The number of anilines is 2. The van der Waals surface area contributed by atoms with Gasteiger partial charge >= 0.3 is 6.01 Å². The summed E-state index contributed by atoms with van der Waals surface area (Å²) in [4.78, 5) is 12.6. The van der Waals surface area contributed by atoms with E-state index in [1.807, 2.05) is 6.92 Å². The molecule has 0 aliphatic heterocycles. The first-order chi connectivity index (χ1) is 9.21. The zero-order valence-electron chi connectivity index (χ0n) is 11.4. The maximum absolute atomic E-state index is 9.60. The van der Waals surface area contributed by atoms with E-state index in [9.17, 15) is 5.11 Å². The van der Waals surface area contributed by atoms with Crippen LogP contribution in [0.4, 0.5) is 11.9 Å². The molecule has 0 aromatic carbocycles. The van der Waals surface area contributed by atoms with Gasteiger partial charge in [-0.3, -0.25) is 0 Å². The summed E-state index contributed by atoms with van der Waals surface area (Å²) in [5, 5.41) is 15.9. The summed E-state index contributed by atoms with van der Waals surface area (Å²) in [6, 6.07) is 0.263. The van der Waals surface area contributed by atoms with Crippen molar-refractivity contribution in [2.45, 2.75) is 38.1 Å². The molecule has 1 aromatic heterocycles. The molecule has 0 bridgehead atoms. The fourth-order valence-corrected chi connectivity index (χ4v) is 2.35. The molecule has 1 fully saturated rings. The fraction of sp³-hybridized carbons (Fsp3) is 0.750. The van der Waals surface area contributed by atoms with Gasteiger partial charge in [0.05, 0.1) is 19.3 Å². The number of ether oxygens (including phenoxy) is 1. The number of aromatic nitrogens is 3. The second-order valence-electron chi connectivity index (χ2n) is 4.77. The number of aliphatic hydroxyl groups excluding tert-OH is 1. The van der Waals surface area contributed by atoms with Crippen molar-refractivity contribution in [2.75, 3.05) is 30.9 Å². The van der Waals surface area contributed by atoms with Crippen molar-refractivity contribution in [3.8, 4) is 6.01 Å². The first-order valence-electron chi connectivity index (χ1n) is 6.64. The summed E-state index contributed by atoms with van der Waals surface area (Å²) in [6.07, 6.45) is 4.06. The van der Waals surface area contributed by atoms with Gasteiger partial charge in [0.15, 0.2) is 0 Å². The van der Waals surface area contributed by atoms with E-state index in [1.165, 1.54) is 7.11 Å². The second-order valence-corrected chi connectivity index (χ2v) is 4.77. The summed E-state index contributed by atoms with van der Waals surface area (Å²) >= 11 is 0. The van der Waals surface area contributed by atoms with Crippen LogP contribution in [0.5, 0.6) is 6.01 Å². The molecule has 1 heterocycles. The van der Waals surface area contributed by atoms with Crippen LogP contribution in [0, 0.1) is 0 Å². The lowest BCUT2D eigenvalue weighted by Crippen LogP contribution is -2.39. The number of aliphatic hydroxyl groups is 1. The quantitative estimate of drug-likeness (QED) is 0.709. The van der Waals surface area contributed by atoms with E-state index in [4.69, 9.17) is 4.74 Å². The summed E-state index contributed by atoms with van der Waals surface area (Å²) in [5.74, 6) is 0.918. The van der Waals surface area contributed by atoms with Gasteiger partial charge in [0.25, 0.3) is 0 Å². The molecule has 0 atom stereocenters. The average Bonchev–Trinajstić information content (AvgIpc) is 2.88. The zero-order valence-corrected chi connectivity index (χ0v) is 11.4. The smallest absolute Gasteiger partial charge is 0.322 e. The van der Waals surface area contributed by atoms with E-state index in [1.54, 1.807) is 0 Å². The molecule has 2 rings (SSSR count). The Labute approximate surface area is 112 Å². The van der Waals surface area contributed by atoms with Gasteiger partial charge in [-0.1, -0.05) is 12.8 Å². The predicted molar refractivity (Wildman–Crippen MR) is 72.5 cm³/mol. The van der Waals surface area contributed by atoms with Gasteiger partial charge in [-0.15, -0.1) is 0 Å². The summed E-state index contributed by atoms with van der Waals surface area (Å²) in [6.45, 7) is 2.77. The molecule has 7 heteroatoms. The topological polar surface area (TPSA) is 92.2 Å². The standard InChI is InChI=1S/C12H21N5O2/c1-3-13-9-14-10(16-11(15-9)19-2)17-12(8-18)6-4-5-7-12/h18H,3-8H2,1-2H3,(H2,13,14,15,16,17). The third-order valence-electron chi connectivity index (χ3n) is 3.37. The molecule has 0 spiro atoms. The molecule has 0 radical (unpaired) electrons. The van der Waals surface area contributed by atoms with Gasteiger partial charge < -0.3 is 20.5 Å². The maximum Gasteiger partial charge on any atom is 0.322 e. The van der Waals surface area contributed by atoms with Crippen molar-refractivity contribution in [3.05, 3.63) is 0 Å². The Kier molecular flexibility index (Phi) is 4.36. The van der Waals surface area contributed by atoms with E-state index >= 15 is 0 Å². The molecule has 1 aliphatic rings. The molecule has 1 saturated carbocycles. The van der Waals surface area contributed by atoms with Crippen LogP contribution in [0.1, 0.15) is 32.6 Å². The molecule has 1 aromatic rings. The number of nitrogens with zero attached hydrogens (tertiary/aromatic N) is 3. The number of hydrogen-bond donors (Lipinski definition) is 3. The van der Waals surface area contributed by atoms with E-state index in [-0.39, 0.29) is 18.2 Å². The highest BCUT2D eigenvalue weighted by atomic mass is 16.5. The highest BCUT2D eigenvalue weighted by Gasteiger charge is 2.34. The molecule has 106 valence electrons. The average molecular weight is 267 g/mol. The lowest BCUT2D eigenvalue weighted by molar-refractivity contribution is 0.213. The minimum atomic E-state index is -0.310. The zero-order chi connectivity index (χ0) is 13.7. The Balaban J connectivity index is 2.20. The van der Waals surface area contributed by atoms with Gasteiger partial charge in [-0.05, 0) is 19.8 Å². The van der Waals surface area contributed by atoms with Crippen molar-refractivity contribution in [3.63, 3.8) is 0 Å². The first kappa shape index (κ1) is 13.8. The van der Waals surface area contributed by atoms with Crippen LogP contribution >= 0.6 is 0 Å². The molecule has 0 saturated heterocycles. The molecular formula is C12H21N5O2. The van der Waals surface area contributed by atoms with E-state index in [0.717, 1.165) is 32.2 Å². The van der Waals surface area contributed by atoms with Gasteiger partial charge in [-0.25, -0.2) is 0 Å². The second kappa shape index (κ2) is 6.01. The summed E-state index contributed by atoms with van der Waals surface area (Å²) in [5.41, 5.74) is -0.310. The van der Waals surface area contributed by atoms with Gasteiger partial charge in [0.2, 0.25) is 11.9 Å². The maximum atomic E-state index is 9.60. The van der Waals surface area contributed by atoms with Gasteiger partial charge in [0, 0.05) is 6.54 Å². The molecule has 1 aliphatic carbocycles. The highest BCUT2D eigenvalue weighted by molar-refractivity contribution is 5.38. The minimum Gasteiger partial charge on any atom is -0.467 e. The minimum absolute atomic E-state index is 0.0809. The lowest BCUT2D eigenvalue weighted by Gasteiger charge is -2.27. The van der Waals surface area contributed by atoms with E-state index in [2.05, 4.69) is 25.6 Å². The monoisotopic (exact) mass is 267 g/mol. The number of rotatable bonds is 6. The molecular weight excluding hydrogens is 246 g/mol. The van der Waals surface area contributed by atoms with Gasteiger partial charge in [-0.2, -0.15) is 15.0 Å². The first-order valence-corrected chi connectivity index (χ1v) is 6.64. The Morgan fingerprint density at radius 2 is 1.89 bits per heavy atom. The van der Waals surface area contributed by atoms with E-state index in [0.29, 0.717) is 11.9 Å². The third-order valence-corrected chi connectivity index (χ3v) is 3.37. The number of nitrogens with one attached hydrogen (secondary N) is 2. The van der Waals surface area contributed by atoms with Crippen LogP contribution in [-0.4, -0.2) is 45.9 Å². The van der Waals surface area contributed by atoms with Crippen molar-refractivity contribution < 1.29 is 9.84 Å². The Bertz CT molecular complexity index is 421. The molecule has 19 heavy (non-hydrogen) atoms. The third kappa shape index (κ3) is 3.23. The van der Waals surface area contributed by atoms with E-state index < -0.39 is 0 Å². The Morgan fingerprint density at radius 3 is 2.47 bits per heavy atom. The van der Waals surface area contributed by atoms with Crippen LogP contribution in [-0.2, 0) is 0 Å². The molecule has 3 N–H and O–H groups in total. The van der Waals surface area contributed by atoms with Crippen molar-refractivity contribution >= 4 is 11.9 Å². The Morgan fingerprint density at radius 1 is 1.21 bits per heavy atom. The molecule has 0 amide bonds. The predicted octanol–water partition coefficient (Wildman–Crippen LogP) is 1.03. The number of hydrogen-bond acceptors (Lipinski definition) is 7. The summed E-state index contributed by atoms with van der Waals surface area (Å²) < 4.78 is 5.07. The van der Waals surface area contributed by atoms with Gasteiger partial charge in [0.1, 0.15) is 0 Å². The van der Waals surface area contributed by atoms with Crippen molar-refractivity contribution in [1.82, 2.24) is 15.0 Å². The summed E-state index contributed by atoms with van der Waals surface area (Å²) in [7, 11) is 1.52. The van der Waals surface area contributed by atoms with Crippen LogP contribution in [0.3, 0.4) is 0 Å². The molecule has 0 unspecified atom stereocenters. The highest BCUT2D eigenvalue weighted by Crippen LogP contribution is 2.32. The Hall–Kier alpha value is -1.63. The SMILES string of the molecule is CCNc1nc(NC2(CO)CCCC2)nc(OC)n1. The van der Waals surface area contributed by atoms with Crippen LogP contribution < -0.4 is 15.4 Å². The van der Waals surface area contributed by atoms with Crippen LogP contribution in [0.25, 0.3) is 0 Å². The fourth-order valence-electron chi connectivity index (χ4n) is 2.35. The number of methoxy groups -OCH3 is 1. The van der Waals surface area contributed by atoms with Crippen molar-refractivity contribution in [1.29, 1.82) is 0 Å². The molecule has 7 nitrogen and oxygen atoms in total. The normalized spacial score (nSPS) is 17.2. The van der Waals surface area contributed by atoms with Crippen molar-refractivity contribution in [2.24, 2.45) is 0 Å². The lowest BCUT2D eigenvalue weighted by atomic mass is 9.99.